The molecule has 0 saturated heterocycles. The number of primary amides is 1. The number of nitrogens with zero attached hydrogens (tertiary/aromatic N) is 4. The van der Waals surface area contributed by atoms with E-state index < -0.39 is 23.6 Å². The summed E-state index contributed by atoms with van der Waals surface area (Å²) >= 11 is 0. The van der Waals surface area contributed by atoms with Gasteiger partial charge in [-0.2, -0.15) is 0 Å². The normalized spacial score (nSPS) is 11.6. The molecule has 0 aliphatic heterocycles. The van der Waals surface area contributed by atoms with Gasteiger partial charge in [0.15, 0.2) is 0 Å². The van der Waals surface area contributed by atoms with Gasteiger partial charge in [0, 0.05) is 12.6 Å². The van der Waals surface area contributed by atoms with Crippen molar-refractivity contribution in [2.75, 3.05) is 0 Å². The van der Waals surface area contributed by atoms with Gasteiger partial charge in [-0.3, -0.25) is 19.0 Å². The van der Waals surface area contributed by atoms with Crippen LogP contribution in [0.3, 0.4) is 0 Å². The molecule has 160 valence electrons. The first-order valence-corrected chi connectivity index (χ1v) is 9.60. The molecular weight excluding hydrogens is 412 g/mol. The molecule has 3 N–H and O–H groups in total. The van der Waals surface area contributed by atoms with Gasteiger partial charge in [-0.15, -0.1) is 0 Å². The second kappa shape index (κ2) is 9.04. The zero-order valence-electron chi connectivity index (χ0n) is 16.7. The minimum absolute atomic E-state index is 0.117. The average Bonchev–Trinajstić information content (AvgIpc) is 3.51. The van der Waals surface area contributed by atoms with Crippen LogP contribution in [0.15, 0.2) is 78.1 Å². The number of carbonyl (C=O) groups is 3. The number of nitrogens with two attached hydrogens (primary N) is 1. The highest BCUT2D eigenvalue weighted by atomic mass is 16.3. The molecule has 1 atom stereocenters. The Hall–Kier alpha value is -4.60. The van der Waals surface area contributed by atoms with Crippen molar-refractivity contribution < 1.29 is 18.8 Å². The van der Waals surface area contributed by atoms with Crippen molar-refractivity contribution in [3.8, 4) is 17.3 Å². The topological polar surface area (TPSA) is 146 Å². The number of hydrogen-bond donors (Lipinski definition) is 2. The number of benzene rings is 1. The van der Waals surface area contributed by atoms with Gasteiger partial charge < -0.3 is 15.5 Å². The molecule has 2 amide bonds. The molecule has 0 spiro atoms. The molecule has 3 aromatic heterocycles. The van der Waals surface area contributed by atoms with Gasteiger partial charge >= 0.3 is 0 Å². The summed E-state index contributed by atoms with van der Waals surface area (Å²) in [6.45, 7) is 0. The highest BCUT2D eigenvalue weighted by Crippen LogP contribution is 2.18. The lowest BCUT2D eigenvalue weighted by Gasteiger charge is -2.17. The Labute approximate surface area is 182 Å². The van der Waals surface area contributed by atoms with Crippen LogP contribution in [0.25, 0.3) is 17.3 Å². The Bertz CT molecular complexity index is 1230. The van der Waals surface area contributed by atoms with Gasteiger partial charge in [-0.1, -0.05) is 30.3 Å². The highest BCUT2D eigenvalue weighted by Gasteiger charge is 2.27. The summed E-state index contributed by atoms with van der Waals surface area (Å²) in [5.41, 5.74) is 6.75. The largest absolute Gasteiger partial charge is 0.444 e. The number of hydrogen-bond acceptors (Lipinski definition) is 7. The van der Waals surface area contributed by atoms with E-state index in [1.807, 2.05) is 6.07 Å². The van der Waals surface area contributed by atoms with Gasteiger partial charge in [-0.25, -0.2) is 15.0 Å². The summed E-state index contributed by atoms with van der Waals surface area (Å²) in [7, 11) is 0. The van der Waals surface area contributed by atoms with E-state index in [0.29, 0.717) is 17.3 Å². The van der Waals surface area contributed by atoms with Gasteiger partial charge in [0.1, 0.15) is 30.1 Å². The molecule has 4 aromatic rings. The molecule has 3 heterocycles. The SMILES string of the molecule is NC(=O)C(=O)C(Cc1ccccc1)NC(=O)c1cncn1-c1ccc(-c2ncco2)cn1. The Kier molecular flexibility index (Phi) is 5.84. The molecule has 1 aromatic carbocycles. The van der Waals surface area contributed by atoms with Crippen molar-refractivity contribution in [1.29, 1.82) is 0 Å². The number of aromatic nitrogens is 4. The maximum atomic E-state index is 13.0. The van der Waals surface area contributed by atoms with Crippen molar-refractivity contribution >= 4 is 17.6 Å². The predicted molar refractivity (Wildman–Crippen MR) is 112 cm³/mol. The summed E-state index contributed by atoms with van der Waals surface area (Å²) in [4.78, 5) is 49.2. The van der Waals surface area contributed by atoms with E-state index >= 15 is 0 Å². The molecule has 0 aliphatic rings. The van der Waals surface area contributed by atoms with E-state index in [1.165, 1.54) is 29.6 Å². The number of rotatable bonds is 8. The van der Waals surface area contributed by atoms with Crippen LogP contribution in [0.4, 0.5) is 0 Å². The lowest BCUT2D eigenvalue weighted by atomic mass is 10.0. The fourth-order valence-electron chi connectivity index (χ4n) is 3.13. The molecule has 4 rings (SSSR count). The smallest absolute Gasteiger partial charge is 0.287 e. The first-order chi connectivity index (χ1) is 15.5. The molecule has 32 heavy (non-hydrogen) atoms. The average molecular weight is 430 g/mol. The maximum Gasteiger partial charge on any atom is 0.287 e. The van der Waals surface area contributed by atoms with Crippen molar-refractivity contribution in [2.24, 2.45) is 5.73 Å². The van der Waals surface area contributed by atoms with Crippen LogP contribution in [-0.2, 0) is 16.0 Å². The van der Waals surface area contributed by atoms with E-state index in [2.05, 4.69) is 20.3 Å². The van der Waals surface area contributed by atoms with Crippen LogP contribution >= 0.6 is 0 Å². The minimum atomic E-state index is -1.12. The zero-order valence-corrected chi connectivity index (χ0v) is 16.7. The second-order valence-electron chi connectivity index (χ2n) is 6.84. The number of carbonyl (C=O) groups excluding carboxylic acids is 3. The van der Waals surface area contributed by atoms with Gasteiger partial charge in [0.25, 0.3) is 11.8 Å². The second-order valence-corrected chi connectivity index (χ2v) is 6.84. The fraction of sp³-hybridized carbons (Fsp3) is 0.0909. The highest BCUT2D eigenvalue weighted by molar-refractivity contribution is 6.38. The van der Waals surface area contributed by atoms with E-state index in [9.17, 15) is 14.4 Å². The third-order valence-corrected chi connectivity index (χ3v) is 4.69. The predicted octanol–water partition coefficient (Wildman–Crippen LogP) is 1.32. The lowest BCUT2D eigenvalue weighted by Crippen LogP contribution is -2.47. The van der Waals surface area contributed by atoms with Crippen LogP contribution in [0.2, 0.25) is 0 Å². The van der Waals surface area contributed by atoms with E-state index in [0.717, 1.165) is 5.56 Å². The summed E-state index contributed by atoms with van der Waals surface area (Å²) < 4.78 is 6.70. The molecule has 0 fully saturated rings. The zero-order chi connectivity index (χ0) is 22.5. The van der Waals surface area contributed by atoms with Crippen molar-refractivity contribution in [3.05, 3.63) is 84.9 Å². The molecule has 0 bridgehead atoms. The standard InChI is InChI=1S/C22H18N6O4/c23-20(30)19(29)16(10-14-4-2-1-3-5-14)27-21(31)17-12-24-13-28(17)18-7-6-15(11-26-18)22-25-8-9-32-22/h1-9,11-13,16H,10H2,(H2,23,30)(H,27,31). The van der Waals surface area contributed by atoms with Gasteiger partial charge in [0.2, 0.25) is 11.7 Å². The first kappa shape index (κ1) is 20.7. The van der Waals surface area contributed by atoms with Crippen molar-refractivity contribution in [3.63, 3.8) is 0 Å². The maximum absolute atomic E-state index is 13.0. The Morgan fingerprint density at radius 3 is 2.53 bits per heavy atom. The van der Waals surface area contributed by atoms with Crippen molar-refractivity contribution in [2.45, 2.75) is 12.5 Å². The van der Waals surface area contributed by atoms with E-state index in [4.69, 9.17) is 10.2 Å². The number of imidazole rings is 1. The Balaban J connectivity index is 1.56. The lowest BCUT2D eigenvalue weighted by molar-refractivity contribution is -0.137. The third-order valence-electron chi connectivity index (χ3n) is 4.69. The number of oxazole rings is 1. The van der Waals surface area contributed by atoms with Crippen LogP contribution in [0, 0.1) is 0 Å². The van der Waals surface area contributed by atoms with Crippen LogP contribution in [0.5, 0.6) is 0 Å². The van der Waals surface area contributed by atoms with Gasteiger partial charge in [-0.05, 0) is 17.7 Å². The van der Waals surface area contributed by atoms with Crippen molar-refractivity contribution in [1.82, 2.24) is 24.8 Å². The number of pyridine rings is 1. The fourth-order valence-corrected chi connectivity index (χ4v) is 3.13. The summed E-state index contributed by atoms with van der Waals surface area (Å²) in [6.07, 6.45) is 7.42. The molecule has 10 nitrogen and oxygen atoms in total. The molecular formula is C22H18N6O4. The van der Waals surface area contributed by atoms with E-state index in [1.54, 1.807) is 42.6 Å². The molecule has 1 unspecified atom stereocenters. The number of amides is 2. The summed E-state index contributed by atoms with van der Waals surface area (Å²) in [5.74, 6) is -1.77. The number of ketones is 1. The number of nitrogens with one attached hydrogen (secondary N) is 1. The molecule has 0 aliphatic carbocycles. The summed E-state index contributed by atoms with van der Waals surface area (Å²) in [6, 6.07) is 11.3. The molecule has 0 saturated carbocycles. The van der Waals surface area contributed by atoms with Crippen LogP contribution in [0.1, 0.15) is 16.1 Å². The third kappa shape index (κ3) is 4.43. The first-order valence-electron chi connectivity index (χ1n) is 9.60. The van der Waals surface area contributed by atoms with Crippen LogP contribution < -0.4 is 11.1 Å². The molecule has 0 radical (unpaired) electrons. The Morgan fingerprint density at radius 2 is 1.88 bits per heavy atom. The number of Topliss-reactive ketones (excluding diaryl/α,β-unsaturated/α-hetero) is 1. The quantitative estimate of drug-likeness (QED) is 0.401. The van der Waals surface area contributed by atoms with Crippen LogP contribution in [-0.4, -0.2) is 43.2 Å². The van der Waals surface area contributed by atoms with Gasteiger partial charge in [0.05, 0.1) is 18.0 Å². The molecule has 10 heteroatoms. The minimum Gasteiger partial charge on any atom is -0.444 e. The van der Waals surface area contributed by atoms with E-state index in [-0.39, 0.29) is 12.1 Å². The monoisotopic (exact) mass is 430 g/mol. The summed E-state index contributed by atoms with van der Waals surface area (Å²) in [5, 5.41) is 2.59. The Morgan fingerprint density at radius 1 is 1.06 bits per heavy atom.